The molecule has 7 rings (SSSR count). The lowest BCUT2D eigenvalue weighted by Gasteiger charge is -2.37. The van der Waals surface area contributed by atoms with Crippen molar-refractivity contribution in [2.75, 3.05) is 4.90 Å². The van der Waals surface area contributed by atoms with E-state index in [1.165, 1.54) is 0 Å². The molecule has 184 valence electrons. The van der Waals surface area contributed by atoms with Gasteiger partial charge in [0.1, 0.15) is 11.5 Å². The summed E-state index contributed by atoms with van der Waals surface area (Å²) in [5.74, 6) is -1.30. The molecule has 38 heavy (non-hydrogen) atoms. The SMILES string of the molecule is O=C(c1ccccc1)[C@@H]1[C@H](c2ccccc2)C2(C(=O)c3ccccc3C2=O)[C@H]2C=Cc3cc(Cl)ccc3N12. The summed E-state index contributed by atoms with van der Waals surface area (Å²) in [6.45, 7) is 0. The maximum atomic E-state index is 14.5. The van der Waals surface area contributed by atoms with Gasteiger partial charge < -0.3 is 4.90 Å². The van der Waals surface area contributed by atoms with E-state index in [4.69, 9.17) is 11.6 Å². The highest BCUT2D eigenvalue weighted by Gasteiger charge is 2.71. The largest absolute Gasteiger partial charge is 0.352 e. The van der Waals surface area contributed by atoms with E-state index >= 15 is 0 Å². The molecule has 5 heteroatoms. The second-order valence-electron chi connectivity index (χ2n) is 10.1. The lowest BCUT2D eigenvalue weighted by Crippen LogP contribution is -2.48. The number of halogens is 1. The van der Waals surface area contributed by atoms with Crippen LogP contribution in [0.25, 0.3) is 6.08 Å². The van der Waals surface area contributed by atoms with Gasteiger partial charge in [0.05, 0.1) is 6.04 Å². The minimum atomic E-state index is -1.49. The van der Waals surface area contributed by atoms with Crippen LogP contribution in [0.15, 0.2) is 109 Å². The molecule has 1 aliphatic carbocycles. The van der Waals surface area contributed by atoms with Gasteiger partial charge >= 0.3 is 0 Å². The lowest BCUT2D eigenvalue weighted by molar-refractivity contribution is 0.0666. The number of anilines is 1. The van der Waals surface area contributed by atoms with Crippen LogP contribution in [-0.2, 0) is 0 Å². The smallest absolute Gasteiger partial charge is 0.185 e. The first-order chi connectivity index (χ1) is 18.5. The normalized spacial score (nSPS) is 22.3. The quantitative estimate of drug-likeness (QED) is 0.226. The summed E-state index contributed by atoms with van der Waals surface area (Å²) in [5, 5.41) is 0.576. The third-order valence-electron chi connectivity index (χ3n) is 8.25. The van der Waals surface area contributed by atoms with Crippen molar-refractivity contribution in [3.63, 3.8) is 0 Å². The minimum absolute atomic E-state index is 0.130. The Morgan fingerprint density at radius 3 is 2.03 bits per heavy atom. The lowest BCUT2D eigenvalue weighted by atomic mass is 9.64. The second kappa shape index (κ2) is 8.37. The van der Waals surface area contributed by atoms with E-state index in [-0.39, 0.29) is 17.3 Å². The van der Waals surface area contributed by atoms with Gasteiger partial charge in [-0.05, 0) is 29.3 Å². The number of hydrogen-bond donors (Lipinski definition) is 0. The van der Waals surface area contributed by atoms with E-state index in [2.05, 4.69) is 0 Å². The maximum Gasteiger partial charge on any atom is 0.185 e. The molecule has 0 bridgehead atoms. The van der Waals surface area contributed by atoms with Crippen molar-refractivity contribution in [3.05, 3.63) is 142 Å². The molecule has 3 aliphatic rings. The van der Waals surface area contributed by atoms with Crippen LogP contribution in [0.1, 0.15) is 48.1 Å². The fourth-order valence-electron chi connectivity index (χ4n) is 6.75. The van der Waals surface area contributed by atoms with Gasteiger partial charge in [-0.1, -0.05) is 109 Å². The molecule has 0 N–H and O–H groups in total. The summed E-state index contributed by atoms with van der Waals surface area (Å²) in [6, 6.07) is 29.8. The number of benzene rings is 4. The maximum absolute atomic E-state index is 14.5. The molecule has 3 atom stereocenters. The molecule has 4 nitrogen and oxygen atoms in total. The van der Waals surface area contributed by atoms with Crippen molar-refractivity contribution in [3.8, 4) is 0 Å². The van der Waals surface area contributed by atoms with E-state index in [9.17, 15) is 14.4 Å². The van der Waals surface area contributed by atoms with E-state index < -0.39 is 23.4 Å². The van der Waals surface area contributed by atoms with Crippen molar-refractivity contribution < 1.29 is 14.4 Å². The summed E-state index contributed by atoms with van der Waals surface area (Å²) in [4.78, 5) is 45.5. The van der Waals surface area contributed by atoms with Crippen molar-refractivity contribution >= 4 is 40.7 Å². The molecule has 4 aromatic carbocycles. The fourth-order valence-corrected chi connectivity index (χ4v) is 6.93. The van der Waals surface area contributed by atoms with Gasteiger partial charge in [0.2, 0.25) is 0 Å². The van der Waals surface area contributed by atoms with Crippen molar-refractivity contribution in [1.82, 2.24) is 0 Å². The highest BCUT2D eigenvalue weighted by atomic mass is 35.5. The van der Waals surface area contributed by atoms with E-state index in [0.29, 0.717) is 21.7 Å². The van der Waals surface area contributed by atoms with Crippen molar-refractivity contribution in [2.24, 2.45) is 5.41 Å². The zero-order valence-electron chi connectivity index (χ0n) is 20.3. The Morgan fingerprint density at radius 1 is 0.763 bits per heavy atom. The number of ketones is 3. The molecule has 0 unspecified atom stereocenters. The summed E-state index contributed by atoms with van der Waals surface area (Å²) in [5.41, 5.74) is 2.30. The third kappa shape index (κ3) is 2.95. The Kier molecular flexibility index (Phi) is 5.04. The predicted octanol–water partition coefficient (Wildman–Crippen LogP) is 6.66. The number of hydrogen-bond acceptors (Lipinski definition) is 4. The molecular weight excluding hydrogens is 494 g/mol. The molecule has 0 aromatic heterocycles. The molecule has 2 aliphatic heterocycles. The standard InChI is InChI=1S/C33H22ClNO3/c34-23-16-17-26-22(19-23)15-18-27-33(31(37)24-13-7-8-14-25(24)32(33)38)28(20-9-3-1-4-10-20)29(35(26)27)30(36)21-11-5-2-6-12-21/h1-19,27-29H/t27-,28+,29+/m1/s1. The second-order valence-corrected chi connectivity index (χ2v) is 10.5. The first-order valence-electron chi connectivity index (χ1n) is 12.6. The summed E-state index contributed by atoms with van der Waals surface area (Å²) in [7, 11) is 0. The molecule has 4 aromatic rings. The highest BCUT2D eigenvalue weighted by molar-refractivity contribution is 6.32. The van der Waals surface area contributed by atoms with Crippen LogP contribution < -0.4 is 4.90 Å². The summed E-state index contributed by atoms with van der Waals surface area (Å²) < 4.78 is 0. The van der Waals surface area contributed by atoms with Gasteiger partial charge in [0, 0.05) is 33.3 Å². The van der Waals surface area contributed by atoms with Crippen molar-refractivity contribution in [2.45, 2.75) is 18.0 Å². The number of carbonyl (C=O) groups is 3. The third-order valence-corrected chi connectivity index (χ3v) is 8.49. The topological polar surface area (TPSA) is 54.5 Å². The predicted molar refractivity (Wildman–Crippen MR) is 148 cm³/mol. The molecule has 2 heterocycles. The number of carbonyl (C=O) groups excluding carboxylic acids is 3. The van der Waals surface area contributed by atoms with Gasteiger partial charge in [-0.3, -0.25) is 14.4 Å². The Labute approximate surface area is 225 Å². The number of Topliss-reactive ketones (excluding diaryl/α,β-unsaturated/α-hetero) is 3. The molecule has 0 radical (unpaired) electrons. The average Bonchev–Trinajstić information content (AvgIpc) is 3.39. The van der Waals surface area contributed by atoms with Gasteiger partial charge in [-0.15, -0.1) is 0 Å². The monoisotopic (exact) mass is 515 g/mol. The van der Waals surface area contributed by atoms with Crippen LogP contribution in [0.4, 0.5) is 5.69 Å². The molecule has 0 amide bonds. The molecule has 0 saturated carbocycles. The minimum Gasteiger partial charge on any atom is -0.352 e. The summed E-state index contributed by atoms with van der Waals surface area (Å²) in [6.07, 6.45) is 3.83. The molecule has 1 saturated heterocycles. The number of fused-ring (bicyclic) bond motifs is 5. The van der Waals surface area contributed by atoms with Crippen LogP contribution in [0.5, 0.6) is 0 Å². The molecular formula is C33H22ClNO3. The first-order valence-corrected chi connectivity index (χ1v) is 13.0. The first kappa shape index (κ1) is 22.9. The van der Waals surface area contributed by atoms with Gasteiger partial charge in [0.25, 0.3) is 0 Å². The Hall–Kier alpha value is -4.28. The zero-order chi connectivity index (χ0) is 26.0. The molecule has 1 spiro atoms. The van der Waals surface area contributed by atoms with E-state index in [0.717, 1.165) is 16.8 Å². The Bertz CT molecular complexity index is 1630. The van der Waals surface area contributed by atoms with Gasteiger partial charge in [-0.25, -0.2) is 0 Å². The van der Waals surface area contributed by atoms with Gasteiger partial charge in [-0.2, -0.15) is 0 Å². The van der Waals surface area contributed by atoms with Crippen LogP contribution in [-0.4, -0.2) is 29.4 Å². The Balaban J connectivity index is 1.55. The summed E-state index contributed by atoms with van der Waals surface area (Å²) >= 11 is 6.34. The fraction of sp³-hybridized carbons (Fsp3) is 0.121. The van der Waals surface area contributed by atoms with E-state index in [1.54, 1.807) is 42.5 Å². The van der Waals surface area contributed by atoms with Crippen LogP contribution >= 0.6 is 11.6 Å². The molecule has 1 fully saturated rings. The van der Waals surface area contributed by atoms with Crippen molar-refractivity contribution in [1.29, 1.82) is 0 Å². The zero-order valence-corrected chi connectivity index (χ0v) is 21.0. The van der Waals surface area contributed by atoms with Gasteiger partial charge in [0.15, 0.2) is 17.3 Å². The van der Waals surface area contributed by atoms with E-state index in [1.807, 2.05) is 77.7 Å². The van der Waals surface area contributed by atoms with Crippen LogP contribution in [0.2, 0.25) is 5.02 Å². The highest BCUT2D eigenvalue weighted by Crippen LogP contribution is 2.61. The number of nitrogens with zero attached hydrogens (tertiary/aromatic N) is 1. The Morgan fingerprint density at radius 2 is 1.37 bits per heavy atom. The number of rotatable bonds is 3. The average molecular weight is 516 g/mol. The van der Waals surface area contributed by atoms with Crippen LogP contribution in [0, 0.1) is 5.41 Å². The van der Waals surface area contributed by atoms with Crippen LogP contribution in [0.3, 0.4) is 0 Å².